The lowest BCUT2D eigenvalue weighted by molar-refractivity contribution is -0.499. The van der Waals surface area contributed by atoms with E-state index in [1.54, 1.807) is 0 Å². The topological polar surface area (TPSA) is 27.7 Å². The monoisotopic (exact) mass is 308 g/mol. The van der Waals surface area contributed by atoms with Crippen LogP contribution >= 0.6 is 0 Å². The highest BCUT2D eigenvalue weighted by molar-refractivity contribution is 6.74. The molecule has 0 saturated carbocycles. The summed E-state index contributed by atoms with van der Waals surface area (Å²) in [6, 6.07) is 8.37. The molecular formula is C17H28O3Si. The van der Waals surface area contributed by atoms with Crippen molar-refractivity contribution < 1.29 is 14.2 Å². The molecule has 21 heavy (non-hydrogen) atoms. The largest absolute Gasteiger partial charge is 0.543 e. The van der Waals surface area contributed by atoms with Crippen LogP contribution in [0.25, 0.3) is 0 Å². The molecule has 1 aromatic carbocycles. The zero-order valence-corrected chi connectivity index (χ0v) is 15.3. The molecule has 1 aliphatic heterocycles. The van der Waals surface area contributed by atoms with Crippen LogP contribution in [-0.4, -0.2) is 20.0 Å². The molecule has 4 heteroatoms. The Morgan fingerprint density at radius 1 is 1.24 bits per heavy atom. The first-order valence-electron chi connectivity index (χ1n) is 7.64. The maximum Gasteiger partial charge on any atom is 0.250 e. The number of rotatable bonds is 4. The van der Waals surface area contributed by atoms with E-state index < -0.39 is 8.32 Å². The van der Waals surface area contributed by atoms with Crippen LogP contribution in [0, 0.1) is 0 Å². The summed E-state index contributed by atoms with van der Waals surface area (Å²) in [5.41, 5.74) is 1.03. The van der Waals surface area contributed by atoms with Crippen LogP contribution in [-0.2, 0) is 16.2 Å². The Kier molecular flexibility index (Phi) is 4.26. The van der Waals surface area contributed by atoms with Gasteiger partial charge in [-0.05, 0) is 49.7 Å². The number of hydrogen-bond donors (Lipinski definition) is 0. The minimum absolute atomic E-state index is 0.112. The van der Waals surface area contributed by atoms with Crippen molar-refractivity contribution in [3.63, 3.8) is 0 Å². The summed E-state index contributed by atoms with van der Waals surface area (Å²) in [5, 5.41) is 0.204. The van der Waals surface area contributed by atoms with Crippen LogP contribution in [0.15, 0.2) is 24.3 Å². The van der Waals surface area contributed by atoms with Crippen LogP contribution in [0.4, 0.5) is 0 Å². The van der Waals surface area contributed by atoms with Crippen LogP contribution in [0.3, 0.4) is 0 Å². The Hall–Kier alpha value is -0.843. The quantitative estimate of drug-likeness (QED) is 0.595. The molecule has 0 N–H and O–H groups in total. The highest BCUT2D eigenvalue weighted by Crippen LogP contribution is 2.38. The molecule has 1 atom stereocenters. The van der Waals surface area contributed by atoms with Crippen molar-refractivity contribution in [2.75, 3.05) is 0 Å². The van der Waals surface area contributed by atoms with Crippen molar-refractivity contribution >= 4 is 8.32 Å². The molecule has 0 bridgehead atoms. The predicted octanol–water partition coefficient (Wildman–Crippen LogP) is 4.72. The molecule has 0 aliphatic carbocycles. The Morgan fingerprint density at radius 2 is 1.90 bits per heavy atom. The molecule has 0 radical (unpaired) electrons. The lowest BCUT2D eigenvalue weighted by atomic mass is 9.94. The van der Waals surface area contributed by atoms with E-state index in [0.717, 1.165) is 12.2 Å². The summed E-state index contributed by atoms with van der Waals surface area (Å²) in [5.74, 6) is 0.970. The van der Waals surface area contributed by atoms with Crippen molar-refractivity contribution in [1.82, 2.24) is 0 Å². The third-order valence-electron chi connectivity index (χ3n) is 4.65. The first-order chi connectivity index (χ1) is 9.51. The predicted molar refractivity (Wildman–Crippen MR) is 88.0 cm³/mol. The highest BCUT2D eigenvalue weighted by atomic mass is 28.4. The van der Waals surface area contributed by atoms with E-state index in [4.69, 9.17) is 14.2 Å². The van der Waals surface area contributed by atoms with Gasteiger partial charge in [0.2, 0.25) is 8.32 Å². The molecule has 1 aliphatic rings. The molecule has 0 aromatic heterocycles. The van der Waals surface area contributed by atoms with E-state index in [0.29, 0.717) is 0 Å². The summed E-state index contributed by atoms with van der Waals surface area (Å²) < 4.78 is 6.36. The third-order valence-corrected chi connectivity index (χ3v) is 9.01. The van der Waals surface area contributed by atoms with Gasteiger partial charge in [-0.1, -0.05) is 32.9 Å². The molecule has 1 unspecified atom stereocenters. The van der Waals surface area contributed by atoms with Gasteiger partial charge < -0.3 is 4.43 Å². The third kappa shape index (κ3) is 3.68. The van der Waals surface area contributed by atoms with Crippen molar-refractivity contribution in [2.24, 2.45) is 0 Å². The minimum Gasteiger partial charge on any atom is -0.543 e. The molecule has 3 nitrogen and oxygen atoms in total. The second kappa shape index (κ2) is 5.41. The van der Waals surface area contributed by atoms with Gasteiger partial charge in [0.05, 0.1) is 0 Å². The maximum absolute atomic E-state index is 6.36. The van der Waals surface area contributed by atoms with Crippen molar-refractivity contribution in [2.45, 2.75) is 70.9 Å². The van der Waals surface area contributed by atoms with E-state index in [1.165, 1.54) is 5.56 Å². The maximum atomic E-state index is 6.36. The Balaban J connectivity index is 2.08. The average Bonchev–Trinajstić information content (AvgIpc) is 2.33. The molecule has 1 aromatic rings. The van der Waals surface area contributed by atoms with Crippen LogP contribution in [0.1, 0.15) is 40.2 Å². The smallest absolute Gasteiger partial charge is 0.250 e. The normalized spacial score (nSPS) is 21.8. The van der Waals surface area contributed by atoms with Gasteiger partial charge in [-0.3, -0.25) is 0 Å². The Morgan fingerprint density at radius 3 is 2.38 bits per heavy atom. The zero-order chi connectivity index (χ0) is 15.9. The molecular weight excluding hydrogens is 280 g/mol. The number of benzene rings is 1. The van der Waals surface area contributed by atoms with E-state index >= 15 is 0 Å². The summed E-state index contributed by atoms with van der Waals surface area (Å²) in [4.78, 5) is 10.3. The second-order valence-corrected chi connectivity index (χ2v) is 12.7. The summed E-state index contributed by atoms with van der Waals surface area (Å²) in [6.45, 7) is 15.4. The second-order valence-electron chi connectivity index (χ2n) is 7.99. The first-order valence-corrected chi connectivity index (χ1v) is 10.5. The lowest BCUT2D eigenvalue weighted by Crippen LogP contribution is -2.52. The fourth-order valence-corrected chi connectivity index (χ4v) is 3.01. The molecule has 1 heterocycles. The molecule has 0 spiro atoms. The van der Waals surface area contributed by atoms with E-state index in [-0.39, 0.29) is 16.7 Å². The Bertz CT molecular complexity index is 503. The molecule has 1 saturated heterocycles. The zero-order valence-electron chi connectivity index (χ0n) is 14.3. The van der Waals surface area contributed by atoms with Crippen LogP contribution in [0.5, 0.6) is 5.75 Å². The van der Waals surface area contributed by atoms with Gasteiger partial charge in [0.25, 0.3) is 0 Å². The summed E-state index contributed by atoms with van der Waals surface area (Å²) in [7, 11) is -1.79. The lowest BCUT2D eigenvalue weighted by Gasteiger charge is -2.42. The van der Waals surface area contributed by atoms with Crippen LogP contribution in [0.2, 0.25) is 18.1 Å². The van der Waals surface area contributed by atoms with Crippen LogP contribution < -0.4 is 4.43 Å². The van der Waals surface area contributed by atoms with Crippen molar-refractivity contribution in [1.29, 1.82) is 0 Å². The highest BCUT2D eigenvalue weighted by Gasteiger charge is 2.43. The summed E-state index contributed by atoms with van der Waals surface area (Å²) >= 11 is 0. The molecule has 118 valence electrons. The average molecular weight is 308 g/mol. The fraction of sp³-hybridized carbons (Fsp3) is 0.647. The summed E-state index contributed by atoms with van der Waals surface area (Å²) in [6.07, 6.45) is 0.961. The molecule has 1 fully saturated rings. The first kappa shape index (κ1) is 16.5. The molecule has 2 rings (SSSR count). The standard InChI is InChI=1S/C17H28O3Si/c1-16(2,3)21(6,7)19-14-10-8-9-13(11-14)12-15-17(4,5)20-18-15/h8-11,15H,12H2,1-7H3. The molecule has 0 amide bonds. The Labute approximate surface area is 129 Å². The fourth-order valence-electron chi connectivity index (χ4n) is 1.99. The van der Waals surface area contributed by atoms with Gasteiger partial charge in [-0.2, -0.15) is 0 Å². The van der Waals surface area contributed by atoms with E-state index in [2.05, 4.69) is 65.9 Å². The number of hydrogen-bond acceptors (Lipinski definition) is 3. The van der Waals surface area contributed by atoms with Gasteiger partial charge in [0, 0.05) is 6.42 Å². The van der Waals surface area contributed by atoms with Gasteiger partial charge >= 0.3 is 0 Å². The van der Waals surface area contributed by atoms with Crippen molar-refractivity contribution in [3.05, 3.63) is 29.8 Å². The van der Waals surface area contributed by atoms with Gasteiger partial charge in [0.1, 0.15) is 17.5 Å². The van der Waals surface area contributed by atoms with Crippen molar-refractivity contribution in [3.8, 4) is 5.75 Å². The minimum atomic E-state index is -1.79. The van der Waals surface area contributed by atoms with Gasteiger partial charge in [-0.15, -0.1) is 0 Å². The van der Waals surface area contributed by atoms with Gasteiger partial charge in [0.15, 0.2) is 0 Å². The van der Waals surface area contributed by atoms with E-state index in [9.17, 15) is 0 Å². The SMILES string of the molecule is CC1(C)OOC1Cc1cccc(O[Si](C)(C)C(C)(C)C)c1. The van der Waals surface area contributed by atoms with E-state index in [1.807, 2.05) is 6.07 Å². The van der Waals surface area contributed by atoms with Gasteiger partial charge in [-0.25, -0.2) is 9.78 Å².